The van der Waals surface area contributed by atoms with E-state index in [1.807, 2.05) is 0 Å². The topological polar surface area (TPSA) is 109 Å². The Labute approximate surface area is 116 Å². The predicted octanol–water partition coefficient (Wildman–Crippen LogP) is 0.166. The quantitative estimate of drug-likeness (QED) is 0.542. The van der Waals surface area contributed by atoms with Crippen molar-refractivity contribution in [3.05, 3.63) is 17.3 Å². The zero-order valence-corrected chi connectivity index (χ0v) is 11.9. The first-order valence-corrected chi connectivity index (χ1v) is 7.43. The second-order valence-electron chi connectivity index (χ2n) is 4.73. The van der Waals surface area contributed by atoms with E-state index in [4.69, 9.17) is 17.4 Å². The first-order chi connectivity index (χ1) is 8.76. The van der Waals surface area contributed by atoms with Crippen LogP contribution in [0.3, 0.4) is 0 Å². The molecule has 1 saturated heterocycles. The lowest BCUT2D eigenvalue weighted by Crippen LogP contribution is -2.34. The van der Waals surface area contributed by atoms with Gasteiger partial charge in [-0.25, -0.2) is 19.2 Å². The van der Waals surface area contributed by atoms with E-state index in [1.54, 1.807) is 6.92 Å². The molecule has 0 aliphatic carbocycles. The van der Waals surface area contributed by atoms with Gasteiger partial charge in [-0.15, -0.1) is 0 Å². The number of aromatic nitrogens is 1. The Morgan fingerprint density at radius 1 is 1.63 bits per heavy atom. The van der Waals surface area contributed by atoms with Gasteiger partial charge >= 0.3 is 0 Å². The van der Waals surface area contributed by atoms with E-state index in [1.165, 1.54) is 16.6 Å². The third-order valence-corrected chi connectivity index (χ3v) is 5.11. The molecule has 19 heavy (non-hydrogen) atoms. The molecular formula is C10H15ClN4O3S. The van der Waals surface area contributed by atoms with Gasteiger partial charge in [-0.2, -0.15) is 4.31 Å². The molecule has 0 aromatic carbocycles. The molecule has 9 heteroatoms. The van der Waals surface area contributed by atoms with Crippen molar-refractivity contribution in [1.82, 2.24) is 9.29 Å². The molecule has 1 aliphatic rings. The summed E-state index contributed by atoms with van der Waals surface area (Å²) in [6, 6.07) is 1.28. The number of sulfonamides is 1. The number of pyridine rings is 1. The minimum Gasteiger partial charge on any atom is -0.389 e. The number of nitrogens with two attached hydrogens (primary N) is 1. The molecule has 0 bridgehead atoms. The van der Waals surface area contributed by atoms with Gasteiger partial charge in [0.25, 0.3) is 0 Å². The van der Waals surface area contributed by atoms with E-state index in [9.17, 15) is 13.5 Å². The third-order valence-electron chi connectivity index (χ3n) is 3.01. The smallest absolute Gasteiger partial charge is 0.244 e. The van der Waals surface area contributed by atoms with Gasteiger partial charge in [-0.1, -0.05) is 11.6 Å². The number of β-amino-alcohol motifs (C(OH)–C–C–N with tert-alkyl or cyclic N) is 1. The van der Waals surface area contributed by atoms with Crippen LogP contribution in [0.5, 0.6) is 0 Å². The van der Waals surface area contributed by atoms with E-state index in [-0.39, 0.29) is 28.8 Å². The van der Waals surface area contributed by atoms with Crippen LogP contribution in [0.4, 0.5) is 5.82 Å². The standard InChI is InChI=1S/C10H15ClN4O3S/c1-10(16)2-3-15(6-10)19(17,18)7-4-8(11)9(14-12)13-5-7/h4-5,16H,2-3,6,12H2,1H3,(H,13,14). The number of nitrogens with zero attached hydrogens (tertiary/aromatic N) is 2. The molecule has 106 valence electrons. The van der Waals surface area contributed by atoms with Crippen molar-refractivity contribution in [3.63, 3.8) is 0 Å². The monoisotopic (exact) mass is 306 g/mol. The number of aliphatic hydroxyl groups is 1. The minimum absolute atomic E-state index is 0.0193. The Hall–Kier alpha value is -0.930. The molecule has 1 aromatic heterocycles. The Bertz CT molecular complexity index is 590. The maximum Gasteiger partial charge on any atom is 0.244 e. The molecular weight excluding hydrogens is 292 g/mol. The Morgan fingerprint density at radius 2 is 2.32 bits per heavy atom. The van der Waals surface area contributed by atoms with Gasteiger partial charge in [0.05, 0.1) is 10.6 Å². The van der Waals surface area contributed by atoms with Crippen molar-refractivity contribution in [2.45, 2.75) is 23.8 Å². The zero-order chi connectivity index (χ0) is 14.3. The van der Waals surface area contributed by atoms with Crippen LogP contribution in [-0.4, -0.2) is 41.5 Å². The van der Waals surface area contributed by atoms with E-state index in [0.29, 0.717) is 6.42 Å². The van der Waals surface area contributed by atoms with Crippen molar-refractivity contribution in [2.24, 2.45) is 5.84 Å². The molecule has 0 amide bonds. The highest BCUT2D eigenvalue weighted by Gasteiger charge is 2.38. The summed E-state index contributed by atoms with van der Waals surface area (Å²) in [5.41, 5.74) is 1.27. The van der Waals surface area contributed by atoms with Gasteiger partial charge in [0, 0.05) is 19.3 Å². The summed E-state index contributed by atoms with van der Waals surface area (Å²) in [5, 5.41) is 9.96. The Balaban J connectivity index is 2.33. The molecule has 1 atom stereocenters. The fourth-order valence-corrected chi connectivity index (χ4v) is 3.74. The van der Waals surface area contributed by atoms with Crippen molar-refractivity contribution >= 4 is 27.4 Å². The van der Waals surface area contributed by atoms with E-state index in [0.717, 1.165) is 0 Å². The number of hydrazine groups is 1. The Morgan fingerprint density at radius 3 is 2.79 bits per heavy atom. The Kier molecular flexibility index (Phi) is 3.72. The molecule has 7 nitrogen and oxygen atoms in total. The zero-order valence-electron chi connectivity index (χ0n) is 10.3. The van der Waals surface area contributed by atoms with Crippen LogP contribution in [0.1, 0.15) is 13.3 Å². The maximum atomic E-state index is 12.3. The molecule has 2 rings (SSSR count). The predicted molar refractivity (Wildman–Crippen MR) is 71.1 cm³/mol. The molecule has 0 saturated carbocycles. The van der Waals surface area contributed by atoms with Crippen LogP contribution in [0.15, 0.2) is 17.2 Å². The van der Waals surface area contributed by atoms with Crippen LogP contribution in [0.2, 0.25) is 5.02 Å². The average Bonchev–Trinajstić information content (AvgIpc) is 2.70. The largest absolute Gasteiger partial charge is 0.389 e. The fourth-order valence-electron chi connectivity index (χ4n) is 1.93. The van der Waals surface area contributed by atoms with Crippen molar-refractivity contribution in [1.29, 1.82) is 0 Å². The fraction of sp³-hybridized carbons (Fsp3) is 0.500. The summed E-state index contributed by atoms with van der Waals surface area (Å²) >= 11 is 5.86. The average molecular weight is 307 g/mol. The number of halogens is 1. The number of rotatable bonds is 3. The number of anilines is 1. The lowest BCUT2D eigenvalue weighted by atomic mass is 10.1. The summed E-state index contributed by atoms with van der Waals surface area (Å²) in [4.78, 5) is 3.82. The normalized spacial score (nSPS) is 24.6. The van der Waals surface area contributed by atoms with Crippen LogP contribution < -0.4 is 11.3 Å². The van der Waals surface area contributed by atoms with Crippen molar-refractivity contribution < 1.29 is 13.5 Å². The van der Waals surface area contributed by atoms with Crippen LogP contribution in [-0.2, 0) is 10.0 Å². The van der Waals surface area contributed by atoms with E-state index >= 15 is 0 Å². The van der Waals surface area contributed by atoms with Gasteiger partial charge in [0.1, 0.15) is 4.90 Å². The first-order valence-electron chi connectivity index (χ1n) is 5.61. The summed E-state index contributed by atoms with van der Waals surface area (Å²) in [7, 11) is -3.70. The number of hydrogen-bond acceptors (Lipinski definition) is 6. The van der Waals surface area contributed by atoms with Crippen molar-refractivity contribution in [3.8, 4) is 0 Å². The molecule has 1 aromatic rings. The second kappa shape index (κ2) is 4.88. The summed E-state index contributed by atoms with van der Waals surface area (Å²) in [5.74, 6) is 5.38. The van der Waals surface area contributed by atoms with Gasteiger partial charge in [-0.05, 0) is 19.4 Å². The lowest BCUT2D eigenvalue weighted by Gasteiger charge is -2.19. The molecule has 1 fully saturated rings. The minimum atomic E-state index is -3.70. The first kappa shape index (κ1) is 14.5. The molecule has 2 heterocycles. The van der Waals surface area contributed by atoms with Gasteiger partial charge in [-0.3, -0.25) is 0 Å². The van der Waals surface area contributed by atoms with Gasteiger partial charge in [0.2, 0.25) is 10.0 Å². The van der Waals surface area contributed by atoms with Gasteiger partial charge in [0.15, 0.2) is 5.82 Å². The number of hydrogen-bond donors (Lipinski definition) is 3. The number of nitrogen functional groups attached to an aromatic ring is 1. The maximum absolute atomic E-state index is 12.3. The number of nitrogens with one attached hydrogen (secondary N) is 1. The molecule has 1 unspecified atom stereocenters. The second-order valence-corrected chi connectivity index (χ2v) is 7.08. The van der Waals surface area contributed by atoms with E-state index < -0.39 is 15.6 Å². The summed E-state index contributed by atoms with van der Waals surface area (Å²) in [6.45, 7) is 1.93. The molecule has 1 aliphatic heterocycles. The van der Waals surface area contributed by atoms with Crippen molar-refractivity contribution in [2.75, 3.05) is 18.5 Å². The highest BCUT2D eigenvalue weighted by molar-refractivity contribution is 7.89. The highest BCUT2D eigenvalue weighted by atomic mass is 35.5. The summed E-state index contributed by atoms with van der Waals surface area (Å²) in [6.07, 6.45) is 1.58. The van der Waals surface area contributed by atoms with Crippen LogP contribution >= 0.6 is 11.6 Å². The van der Waals surface area contributed by atoms with Gasteiger partial charge < -0.3 is 10.5 Å². The molecule has 0 radical (unpaired) electrons. The molecule has 0 spiro atoms. The SMILES string of the molecule is CC1(O)CCN(S(=O)(=O)c2cnc(NN)c(Cl)c2)C1. The third kappa shape index (κ3) is 2.82. The summed E-state index contributed by atoms with van der Waals surface area (Å²) < 4.78 is 25.9. The van der Waals surface area contributed by atoms with E-state index in [2.05, 4.69) is 10.4 Å². The molecule has 4 N–H and O–H groups in total. The van der Waals surface area contributed by atoms with Crippen LogP contribution in [0, 0.1) is 0 Å². The highest BCUT2D eigenvalue weighted by Crippen LogP contribution is 2.28. The lowest BCUT2D eigenvalue weighted by molar-refractivity contribution is 0.0762. The van der Waals surface area contributed by atoms with Crippen LogP contribution in [0.25, 0.3) is 0 Å².